The predicted molar refractivity (Wildman–Crippen MR) is 66.5 cm³/mol. The summed E-state index contributed by atoms with van der Waals surface area (Å²) >= 11 is 12.6. The minimum Gasteiger partial charge on any atom is -0.251 e. The predicted octanol–water partition coefficient (Wildman–Crippen LogP) is 3.15. The highest BCUT2D eigenvalue weighted by Gasteiger charge is 2.12. The van der Waals surface area contributed by atoms with Crippen LogP contribution in [-0.4, -0.2) is 13.6 Å². The molecule has 3 nitrogen and oxygen atoms in total. The zero-order valence-electron chi connectivity index (χ0n) is 7.89. The van der Waals surface area contributed by atoms with Gasteiger partial charge in [-0.2, -0.15) is 9.36 Å². The molecule has 1 aromatic carbocycles. The van der Waals surface area contributed by atoms with Gasteiger partial charge < -0.3 is 0 Å². The Morgan fingerprint density at radius 2 is 2.06 bits per heavy atom. The first-order chi connectivity index (χ1) is 7.66. The van der Waals surface area contributed by atoms with Crippen molar-refractivity contribution in [2.75, 3.05) is 0 Å². The molecule has 84 valence electrons. The van der Waals surface area contributed by atoms with E-state index in [1.54, 1.807) is 6.07 Å². The van der Waals surface area contributed by atoms with Crippen LogP contribution in [0.15, 0.2) is 28.6 Å². The van der Waals surface area contributed by atoms with Gasteiger partial charge in [-0.3, -0.25) is 4.21 Å². The smallest absolute Gasteiger partial charge is 0.235 e. The Hall–Kier alpha value is -0.490. The first-order valence-electron chi connectivity index (χ1n) is 4.28. The van der Waals surface area contributed by atoms with Crippen LogP contribution in [0.25, 0.3) is 0 Å². The van der Waals surface area contributed by atoms with E-state index in [1.807, 2.05) is 18.2 Å². The molecule has 2 aromatic rings. The molecule has 0 aliphatic rings. The third-order valence-electron chi connectivity index (χ3n) is 1.82. The first-order valence-corrected chi connectivity index (χ1v) is 7.12. The Kier molecular flexibility index (Phi) is 3.91. The topological polar surface area (TPSA) is 42.9 Å². The second kappa shape index (κ2) is 5.23. The molecule has 2 rings (SSSR count). The number of nitrogens with zero attached hydrogens (tertiary/aromatic N) is 2. The third-order valence-corrected chi connectivity index (χ3v) is 4.81. The van der Waals surface area contributed by atoms with E-state index in [0.29, 0.717) is 15.1 Å². The van der Waals surface area contributed by atoms with Gasteiger partial charge in [-0.25, -0.2) is 0 Å². The molecule has 0 N–H and O–H groups in total. The minimum absolute atomic E-state index is 0.132. The molecule has 0 saturated heterocycles. The van der Waals surface area contributed by atoms with E-state index in [4.69, 9.17) is 23.2 Å². The van der Waals surface area contributed by atoms with Crippen molar-refractivity contribution in [3.63, 3.8) is 0 Å². The second-order valence-electron chi connectivity index (χ2n) is 2.91. The van der Waals surface area contributed by atoms with Crippen LogP contribution in [-0.2, 0) is 16.6 Å². The maximum atomic E-state index is 11.9. The van der Waals surface area contributed by atoms with E-state index in [1.165, 1.54) is 0 Å². The van der Waals surface area contributed by atoms with Crippen LogP contribution in [0.2, 0.25) is 10.3 Å². The molecule has 1 unspecified atom stereocenters. The Balaban J connectivity index is 2.17. The molecule has 0 aliphatic carbocycles. The maximum Gasteiger partial charge on any atom is 0.235 e. The van der Waals surface area contributed by atoms with Gasteiger partial charge in [0.2, 0.25) is 9.62 Å². The van der Waals surface area contributed by atoms with Crippen molar-refractivity contribution in [3.8, 4) is 0 Å². The zero-order chi connectivity index (χ0) is 11.5. The quantitative estimate of drug-likeness (QED) is 0.873. The number of halogens is 2. The molecule has 1 heterocycles. The fourth-order valence-electron chi connectivity index (χ4n) is 1.10. The monoisotopic (exact) mass is 292 g/mol. The lowest BCUT2D eigenvalue weighted by Gasteiger charge is -2.01. The standard InChI is InChI=1S/C9H6Cl2N2OS2/c10-7-4-2-1-3-6(7)5-16(14)9-12-8(11)13-15-9/h1-4H,5H2. The van der Waals surface area contributed by atoms with Crippen LogP contribution >= 0.6 is 34.7 Å². The number of aromatic nitrogens is 2. The fourth-order valence-corrected chi connectivity index (χ4v) is 3.46. The van der Waals surface area contributed by atoms with Gasteiger partial charge in [-0.1, -0.05) is 29.8 Å². The molecule has 0 spiro atoms. The number of rotatable bonds is 3. The van der Waals surface area contributed by atoms with Crippen LogP contribution in [0.4, 0.5) is 0 Å². The van der Waals surface area contributed by atoms with Crippen molar-refractivity contribution in [1.29, 1.82) is 0 Å². The number of hydrogen-bond donors (Lipinski definition) is 0. The van der Waals surface area contributed by atoms with Gasteiger partial charge in [-0.05, 0) is 34.8 Å². The van der Waals surface area contributed by atoms with Crippen molar-refractivity contribution in [1.82, 2.24) is 9.36 Å². The van der Waals surface area contributed by atoms with Crippen LogP contribution in [0.1, 0.15) is 5.56 Å². The van der Waals surface area contributed by atoms with Crippen molar-refractivity contribution in [2.24, 2.45) is 0 Å². The molecule has 16 heavy (non-hydrogen) atoms. The summed E-state index contributed by atoms with van der Waals surface area (Å²) < 4.78 is 16.1. The summed E-state index contributed by atoms with van der Waals surface area (Å²) in [5, 5.41) is 0.735. The van der Waals surface area contributed by atoms with Gasteiger partial charge in [0, 0.05) is 5.02 Å². The highest BCUT2D eigenvalue weighted by molar-refractivity contribution is 7.86. The molecular weight excluding hydrogens is 287 g/mol. The first kappa shape index (κ1) is 12.0. The molecular formula is C9H6Cl2N2OS2. The van der Waals surface area contributed by atoms with Crippen molar-refractivity contribution < 1.29 is 4.21 Å². The Morgan fingerprint density at radius 3 is 2.69 bits per heavy atom. The summed E-state index contributed by atoms with van der Waals surface area (Å²) in [5.41, 5.74) is 0.828. The summed E-state index contributed by atoms with van der Waals surface area (Å²) in [6, 6.07) is 7.28. The van der Waals surface area contributed by atoms with E-state index in [2.05, 4.69) is 9.36 Å². The van der Waals surface area contributed by atoms with E-state index < -0.39 is 10.8 Å². The molecule has 7 heteroatoms. The van der Waals surface area contributed by atoms with Gasteiger partial charge in [0.1, 0.15) is 0 Å². The summed E-state index contributed by atoms with van der Waals surface area (Å²) in [7, 11) is -1.25. The molecule has 0 saturated carbocycles. The van der Waals surface area contributed by atoms with Gasteiger partial charge >= 0.3 is 0 Å². The zero-order valence-corrected chi connectivity index (χ0v) is 11.0. The molecule has 1 aromatic heterocycles. The molecule has 0 fully saturated rings. The van der Waals surface area contributed by atoms with Gasteiger partial charge in [-0.15, -0.1) is 0 Å². The number of benzene rings is 1. The molecule has 0 bridgehead atoms. The SMILES string of the molecule is O=S(Cc1ccccc1Cl)c1nc(Cl)ns1. The van der Waals surface area contributed by atoms with Gasteiger partial charge in [0.05, 0.1) is 16.6 Å². The maximum absolute atomic E-state index is 11.9. The Morgan fingerprint density at radius 1 is 1.31 bits per heavy atom. The highest BCUT2D eigenvalue weighted by atomic mass is 35.5. The minimum atomic E-state index is -1.25. The lowest BCUT2D eigenvalue weighted by atomic mass is 10.2. The van der Waals surface area contributed by atoms with Crippen molar-refractivity contribution in [2.45, 2.75) is 10.1 Å². The van der Waals surface area contributed by atoms with Gasteiger partial charge in [0.15, 0.2) is 0 Å². The molecule has 0 aliphatic heterocycles. The Labute approximate surface area is 109 Å². The Bertz CT molecular complexity index is 530. The normalized spacial score (nSPS) is 12.6. The summed E-state index contributed by atoms with van der Waals surface area (Å²) in [6.45, 7) is 0. The van der Waals surface area contributed by atoms with E-state index in [9.17, 15) is 4.21 Å². The summed E-state index contributed by atoms with van der Waals surface area (Å²) in [5.74, 6) is 0.325. The van der Waals surface area contributed by atoms with Crippen LogP contribution < -0.4 is 0 Å². The van der Waals surface area contributed by atoms with Crippen molar-refractivity contribution in [3.05, 3.63) is 40.1 Å². The van der Waals surface area contributed by atoms with E-state index in [-0.39, 0.29) is 5.28 Å². The van der Waals surface area contributed by atoms with Gasteiger partial charge in [0.25, 0.3) is 0 Å². The molecule has 0 amide bonds. The lowest BCUT2D eigenvalue weighted by Crippen LogP contribution is -1.96. The van der Waals surface area contributed by atoms with Crippen molar-refractivity contribution >= 4 is 45.5 Å². The lowest BCUT2D eigenvalue weighted by molar-refractivity contribution is 0.682. The third kappa shape index (κ3) is 2.79. The summed E-state index contributed by atoms with van der Waals surface area (Å²) in [6.07, 6.45) is 0. The van der Waals surface area contributed by atoms with Crippen LogP contribution in [0.3, 0.4) is 0 Å². The van der Waals surface area contributed by atoms with Crippen LogP contribution in [0, 0.1) is 0 Å². The number of hydrogen-bond acceptors (Lipinski definition) is 4. The summed E-state index contributed by atoms with van der Waals surface area (Å²) in [4.78, 5) is 3.87. The second-order valence-corrected chi connectivity index (χ2v) is 6.03. The average Bonchev–Trinajstić information content (AvgIpc) is 2.68. The largest absolute Gasteiger partial charge is 0.251 e. The highest BCUT2D eigenvalue weighted by Crippen LogP contribution is 2.21. The van der Waals surface area contributed by atoms with Crippen LogP contribution in [0.5, 0.6) is 0 Å². The van der Waals surface area contributed by atoms with E-state index >= 15 is 0 Å². The van der Waals surface area contributed by atoms with E-state index in [0.717, 1.165) is 17.1 Å². The molecule has 1 atom stereocenters. The average molecular weight is 293 g/mol. The fraction of sp³-hybridized carbons (Fsp3) is 0.111. The molecule has 0 radical (unpaired) electrons.